The second kappa shape index (κ2) is 6.43. The average Bonchev–Trinajstić information content (AvgIpc) is 2.72. The monoisotopic (exact) mass is 301 g/mol. The van der Waals surface area contributed by atoms with Crippen LogP contribution in [0.1, 0.15) is 32.9 Å². The normalized spacial score (nSPS) is 10.5. The molecule has 0 fully saturated rings. The van der Waals surface area contributed by atoms with Crippen LogP contribution in [0.15, 0.2) is 24.3 Å². The van der Waals surface area contributed by atoms with Gasteiger partial charge in [-0.05, 0) is 31.5 Å². The Balaban J connectivity index is 1.94. The van der Waals surface area contributed by atoms with Gasteiger partial charge in [-0.15, -0.1) is 0 Å². The van der Waals surface area contributed by atoms with Crippen molar-refractivity contribution >= 4 is 11.9 Å². The number of nitrogens with two attached hydrogens (primary N) is 1. The summed E-state index contributed by atoms with van der Waals surface area (Å²) in [5.74, 6) is -0.788. The smallest absolute Gasteiger partial charge is 0.310 e. The van der Waals surface area contributed by atoms with Crippen molar-refractivity contribution < 1.29 is 14.3 Å². The fourth-order valence-corrected chi connectivity index (χ4v) is 2.20. The zero-order chi connectivity index (χ0) is 16.3. The molecule has 2 N–H and O–H groups in total. The van der Waals surface area contributed by atoms with E-state index in [1.54, 1.807) is 28.9 Å². The highest BCUT2D eigenvalue weighted by atomic mass is 16.5. The molecule has 0 radical (unpaired) electrons. The van der Waals surface area contributed by atoms with Crippen molar-refractivity contribution in [1.82, 2.24) is 9.78 Å². The van der Waals surface area contributed by atoms with Gasteiger partial charge in [-0.2, -0.15) is 5.10 Å². The van der Waals surface area contributed by atoms with Crippen molar-refractivity contribution in [1.29, 1.82) is 0 Å². The van der Waals surface area contributed by atoms with E-state index >= 15 is 0 Å². The zero-order valence-corrected chi connectivity index (χ0v) is 12.9. The van der Waals surface area contributed by atoms with Crippen LogP contribution >= 0.6 is 0 Å². The third-order valence-electron chi connectivity index (χ3n) is 3.62. The molecule has 0 saturated heterocycles. The fourth-order valence-electron chi connectivity index (χ4n) is 2.20. The molecule has 0 aliphatic carbocycles. The molecular weight excluding hydrogens is 282 g/mol. The number of hydrogen-bond acceptors (Lipinski definition) is 4. The molecule has 6 heteroatoms. The van der Waals surface area contributed by atoms with Crippen LogP contribution in [-0.4, -0.2) is 21.7 Å². The minimum atomic E-state index is -0.480. The molecule has 1 heterocycles. The Bertz CT molecular complexity index is 702. The molecule has 0 saturated carbocycles. The van der Waals surface area contributed by atoms with E-state index in [2.05, 4.69) is 5.10 Å². The van der Waals surface area contributed by atoms with Crippen LogP contribution in [0.4, 0.5) is 0 Å². The largest absolute Gasteiger partial charge is 0.461 e. The van der Waals surface area contributed by atoms with E-state index in [1.807, 2.05) is 20.9 Å². The van der Waals surface area contributed by atoms with E-state index in [1.165, 1.54) is 0 Å². The predicted molar refractivity (Wildman–Crippen MR) is 81.1 cm³/mol. The van der Waals surface area contributed by atoms with E-state index in [4.69, 9.17) is 10.5 Å². The van der Waals surface area contributed by atoms with Crippen LogP contribution in [0.3, 0.4) is 0 Å². The Labute approximate surface area is 128 Å². The maximum Gasteiger partial charge on any atom is 0.310 e. The van der Waals surface area contributed by atoms with Crippen LogP contribution in [0.2, 0.25) is 0 Å². The molecule has 0 aliphatic rings. The number of primary amides is 1. The number of rotatable bonds is 5. The van der Waals surface area contributed by atoms with Crippen LogP contribution < -0.4 is 5.73 Å². The molecule has 1 aromatic carbocycles. The fraction of sp³-hybridized carbons (Fsp3) is 0.312. The summed E-state index contributed by atoms with van der Waals surface area (Å²) < 4.78 is 7.01. The van der Waals surface area contributed by atoms with Gasteiger partial charge in [-0.1, -0.05) is 12.1 Å². The number of benzene rings is 1. The van der Waals surface area contributed by atoms with E-state index in [0.717, 1.165) is 22.5 Å². The zero-order valence-electron chi connectivity index (χ0n) is 12.9. The van der Waals surface area contributed by atoms with E-state index in [9.17, 15) is 9.59 Å². The predicted octanol–water partition coefficient (Wildman–Crippen LogP) is 1.42. The maximum absolute atomic E-state index is 11.9. The summed E-state index contributed by atoms with van der Waals surface area (Å²) in [6, 6.07) is 6.66. The molecule has 22 heavy (non-hydrogen) atoms. The van der Waals surface area contributed by atoms with Gasteiger partial charge < -0.3 is 10.5 Å². The van der Waals surface area contributed by atoms with Gasteiger partial charge in [0.1, 0.15) is 6.61 Å². The molecule has 6 nitrogen and oxygen atoms in total. The molecule has 0 bridgehead atoms. The van der Waals surface area contributed by atoms with Crippen molar-refractivity contribution in [2.75, 3.05) is 0 Å². The average molecular weight is 301 g/mol. The lowest BCUT2D eigenvalue weighted by Gasteiger charge is -2.06. The summed E-state index contributed by atoms with van der Waals surface area (Å²) in [4.78, 5) is 22.9. The molecular formula is C16H19N3O3. The number of nitrogens with zero attached hydrogens (tertiary/aromatic N) is 2. The minimum Gasteiger partial charge on any atom is -0.461 e. The molecule has 116 valence electrons. The number of carbonyl (C=O) groups is 2. The van der Waals surface area contributed by atoms with E-state index in [0.29, 0.717) is 5.56 Å². The number of ether oxygens (including phenoxy) is 1. The molecule has 2 aromatic rings. The second-order valence-corrected chi connectivity index (χ2v) is 5.17. The molecule has 1 aromatic heterocycles. The second-order valence-electron chi connectivity index (χ2n) is 5.17. The number of hydrogen-bond donors (Lipinski definition) is 1. The molecule has 2 rings (SSSR count). The van der Waals surface area contributed by atoms with Gasteiger partial charge in [-0.25, -0.2) is 0 Å². The number of aryl methyl sites for hydroxylation is 2. The van der Waals surface area contributed by atoms with Gasteiger partial charge in [0.05, 0.1) is 12.1 Å². The molecule has 0 aliphatic heterocycles. The Morgan fingerprint density at radius 1 is 1.23 bits per heavy atom. The van der Waals surface area contributed by atoms with Gasteiger partial charge >= 0.3 is 5.97 Å². The highest BCUT2D eigenvalue weighted by molar-refractivity contribution is 5.92. The van der Waals surface area contributed by atoms with Gasteiger partial charge in [0.15, 0.2) is 0 Å². The highest BCUT2D eigenvalue weighted by Crippen LogP contribution is 2.14. The third kappa shape index (κ3) is 3.52. The van der Waals surface area contributed by atoms with Gasteiger partial charge in [0, 0.05) is 23.9 Å². The number of amides is 1. The standard InChI is InChI=1S/C16H19N3O3/c1-10-14(11(2)19(3)18-10)8-15(20)22-9-12-4-6-13(7-5-12)16(17)21/h4-7H,8-9H2,1-3H3,(H2,17,21). The Kier molecular flexibility index (Phi) is 4.60. The first-order valence-corrected chi connectivity index (χ1v) is 6.92. The maximum atomic E-state index is 11.9. The molecule has 0 spiro atoms. The summed E-state index contributed by atoms with van der Waals surface area (Å²) in [6.07, 6.45) is 0.199. The minimum absolute atomic E-state index is 0.163. The first-order chi connectivity index (χ1) is 10.4. The van der Waals surface area contributed by atoms with Gasteiger partial charge in [0.25, 0.3) is 0 Å². The number of esters is 1. The van der Waals surface area contributed by atoms with Crippen molar-refractivity contribution in [3.8, 4) is 0 Å². The van der Waals surface area contributed by atoms with Crippen LogP contribution in [0, 0.1) is 13.8 Å². The van der Waals surface area contributed by atoms with E-state index < -0.39 is 5.91 Å². The molecule has 1 amide bonds. The Hall–Kier alpha value is -2.63. The highest BCUT2D eigenvalue weighted by Gasteiger charge is 2.14. The Morgan fingerprint density at radius 3 is 2.36 bits per heavy atom. The number of carbonyl (C=O) groups excluding carboxylic acids is 2. The first kappa shape index (κ1) is 15.8. The summed E-state index contributed by atoms with van der Waals surface area (Å²) in [7, 11) is 1.84. The third-order valence-corrected chi connectivity index (χ3v) is 3.62. The van der Waals surface area contributed by atoms with Crippen molar-refractivity contribution in [2.24, 2.45) is 12.8 Å². The van der Waals surface area contributed by atoms with Crippen LogP contribution in [-0.2, 0) is 29.6 Å². The van der Waals surface area contributed by atoms with Crippen molar-refractivity contribution in [2.45, 2.75) is 26.9 Å². The summed E-state index contributed by atoms with van der Waals surface area (Å²) in [5.41, 5.74) is 9.10. The molecule has 0 unspecified atom stereocenters. The number of aromatic nitrogens is 2. The molecule has 0 atom stereocenters. The summed E-state index contributed by atoms with van der Waals surface area (Å²) in [6.45, 7) is 3.96. The quantitative estimate of drug-likeness (QED) is 0.846. The van der Waals surface area contributed by atoms with Crippen LogP contribution in [0.25, 0.3) is 0 Å². The lowest BCUT2D eigenvalue weighted by molar-refractivity contribution is -0.144. The first-order valence-electron chi connectivity index (χ1n) is 6.92. The lowest BCUT2D eigenvalue weighted by atomic mass is 10.1. The van der Waals surface area contributed by atoms with Gasteiger partial charge in [0.2, 0.25) is 5.91 Å². The van der Waals surface area contributed by atoms with Crippen molar-refractivity contribution in [3.05, 3.63) is 52.3 Å². The summed E-state index contributed by atoms with van der Waals surface area (Å²) in [5, 5.41) is 4.27. The Morgan fingerprint density at radius 2 is 1.86 bits per heavy atom. The van der Waals surface area contributed by atoms with Crippen LogP contribution in [0.5, 0.6) is 0 Å². The summed E-state index contributed by atoms with van der Waals surface area (Å²) >= 11 is 0. The van der Waals surface area contributed by atoms with Crippen molar-refractivity contribution in [3.63, 3.8) is 0 Å². The SMILES string of the molecule is Cc1nn(C)c(C)c1CC(=O)OCc1ccc(C(N)=O)cc1. The topological polar surface area (TPSA) is 87.2 Å². The lowest BCUT2D eigenvalue weighted by Crippen LogP contribution is -2.11. The van der Waals surface area contributed by atoms with Gasteiger partial charge in [-0.3, -0.25) is 14.3 Å². The van der Waals surface area contributed by atoms with E-state index in [-0.39, 0.29) is 19.0 Å².